The molecule has 0 fully saturated rings. The number of hydrogen-bond donors (Lipinski definition) is 4. The third-order valence-corrected chi connectivity index (χ3v) is 0. The molecule has 13 heavy (non-hydrogen) atoms. The van der Waals surface area contributed by atoms with Crippen molar-refractivity contribution in [3.8, 4) is 0 Å². The Labute approximate surface area is 88.5 Å². The minimum Gasteiger partial charge on any atom is -0.652 e. The van der Waals surface area contributed by atoms with Gasteiger partial charge in [0.25, 0.3) is 0 Å². The van der Waals surface area contributed by atoms with Crippen molar-refractivity contribution >= 4 is 12.3 Å². The fraction of sp³-hybridized carbons (Fsp3) is 0. The zero-order valence-corrected chi connectivity index (χ0v) is 8.87. The SMILES string of the molecule is N.N.N.N.O=C([O-])[O-].O=C([O-])[O-].[Pt+4]. The molecule has 0 aromatic rings. The summed E-state index contributed by atoms with van der Waals surface area (Å²) < 4.78 is 0. The fourth-order valence-electron chi connectivity index (χ4n) is 0. The molecule has 12 N–H and O–H groups in total. The molecule has 0 spiro atoms. The van der Waals surface area contributed by atoms with E-state index in [-0.39, 0.29) is 45.7 Å². The summed E-state index contributed by atoms with van der Waals surface area (Å²) in [6.07, 6.45) is -4.67. The van der Waals surface area contributed by atoms with E-state index in [4.69, 9.17) is 30.0 Å². The molecule has 0 aromatic carbocycles. The minimum atomic E-state index is -2.33. The smallest absolute Gasteiger partial charge is 0.652 e. The van der Waals surface area contributed by atoms with Crippen LogP contribution in [0, 0.1) is 0 Å². The van der Waals surface area contributed by atoms with E-state index in [0.717, 1.165) is 0 Å². The topological polar surface area (TPSA) is 266 Å². The molecule has 0 aliphatic rings. The number of carbonyl (C=O) groups is 2. The van der Waals surface area contributed by atoms with Gasteiger partial charge in [0.15, 0.2) is 0 Å². The maximum atomic E-state index is 8.33. The second-order valence-electron chi connectivity index (χ2n) is 0.500. The van der Waals surface area contributed by atoms with Crippen molar-refractivity contribution < 1.29 is 51.1 Å². The van der Waals surface area contributed by atoms with E-state index < -0.39 is 12.3 Å². The van der Waals surface area contributed by atoms with Gasteiger partial charge in [0.05, 0.1) is 0 Å². The van der Waals surface area contributed by atoms with E-state index in [9.17, 15) is 0 Å². The maximum Gasteiger partial charge on any atom is 4.00 e. The number of hydrogen-bond acceptors (Lipinski definition) is 10. The molecular weight excluding hydrogens is 371 g/mol. The third-order valence-electron chi connectivity index (χ3n) is 0. The summed E-state index contributed by atoms with van der Waals surface area (Å²) in [5.41, 5.74) is 0. The summed E-state index contributed by atoms with van der Waals surface area (Å²) >= 11 is 0. The molecule has 0 saturated carbocycles. The molecular formula is C2H12N4O6Pt. The van der Waals surface area contributed by atoms with Crippen LogP contribution in [0.4, 0.5) is 9.59 Å². The molecule has 0 atom stereocenters. The molecule has 10 nitrogen and oxygen atoms in total. The second-order valence-corrected chi connectivity index (χ2v) is 0.500. The quantitative estimate of drug-likeness (QED) is 0.312. The van der Waals surface area contributed by atoms with Gasteiger partial charge in [-0.05, 0) is 12.3 Å². The van der Waals surface area contributed by atoms with Crippen LogP contribution in [0.2, 0.25) is 0 Å². The van der Waals surface area contributed by atoms with Crippen LogP contribution < -0.4 is 45.0 Å². The summed E-state index contributed by atoms with van der Waals surface area (Å²) in [5.74, 6) is 0. The third kappa shape index (κ3) is 1050. The minimum absolute atomic E-state index is 0. The Balaban J connectivity index is -0.00000000800. The van der Waals surface area contributed by atoms with Crippen LogP contribution in [0.5, 0.6) is 0 Å². The average Bonchev–Trinajstić information content (AvgIpc) is 1.25. The van der Waals surface area contributed by atoms with Crippen LogP contribution in [0.25, 0.3) is 0 Å². The van der Waals surface area contributed by atoms with E-state index in [1.807, 2.05) is 0 Å². The summed E-state index contributed by atoms with van der Waals surface area (Å²) in [6, 6.07) is 0. The molecule has 0 aromatic heterocycles. The van der Waals surface area contributed by atoms with Gasteiger partial charge in [-0.2, -0.15) is 0 Å². The summed E-state index contributed by atoms with van der Waals surface area (Å²) in [6.45, 7) is 0. The molecule has 0 rings (SSSR count). The Bertz CT molecular complexity index is 80.6. The van der Waals surface area contributed by atoms with Gasteiger partial charge in [-0.25, -0.2) is 0 Å². The second kappa shape index (κ2) is 43.7. The van der Waals surface area contributed by atoms with Crippen LogP contribution in [0.3, 0.4) is 0 Å². The molecule has 0 unspecified atom stereocenters. The van der Waals surface area contributed by atoms with Crippen LogP contribution in [0.15, 0.2) is 0 Å². The number of carbonyl (C=O) groups excluding carboxylic acids is 2. The van der Waals surface area contributed by atoms with Crippen molar-refractivity contribution in [2.75, 3.05) is 0 Å². The summed E-state index contributed by atoms with van der Waals surface area (Å²) in [7, 11) is 0. The summed E-state index contributed by atoms with van der Waals surface area (Å²) in [4.78, 5) is 16.7. The van der Waals surface area contributed by atoms with Gasteiger partial charge < -0.3 is 54.6 Å². The Kier molecular flexibility index (Phi) is 193. The van der Waals surface area contributed by atoms with Crippen molar-refractivity contribution in [2.24, 2.45) is 0 Å². The van der Waals surface area contributed by atoms with Gasteiger partial charge in [-0.3, -0.25) is 0 Å². The maximum absolute atomic E-state index is 8.33. The van der Waals surface area contributed by atoms with Crippen LogP contribution in [0.1, 0.15) is 0 Å². The van der Waals surface area contributed by atoms with Crippen LogP contribution >= 0.6 is 0 Å². The predicted molar refractivity (Wildman–Crippen MR) is 30.9 cm³/mol. The molecule has 0 aliphatic heterocycles. The fourth-order valence-corrected chi connectivity index (χ4v) is 0. The van der Waals surface area contributed by atoms with Crippen molar-refractivity contribution in [3.63, 3.8) is 0 Å². The zero-order valence-electron chi connectivity index (χ0n) is 6.59. The molecule has 0 radical (unpaired) electrons. The monoisotopic (exact) mass is 383 g/mol. The normalized spacial score (nSPS) is 3.69. The Morgan fingerprint density at radius 3 is 0.615 bits per heavy atom. The zero-order chi connectivity index (χ0) is 7.15. The first kappa shape index (κ1) is 57.6. The van der Waals surface area contributed by atoms with Gasteiger partial charge in [0.2, 0.25) is 0 Å². The van der Waals surface area contributed by atoms with Gasteiger partial charge in [-0.1, -0.05) is 0 Å². The van der Waals surface area contributed by atoms with Crippen LogP contribution in [-0.4, -0.2) is 12.3 Å². The van der Waals surface area contributed by atoms with E-state index in [1.165, 1.54) is 0 Å². The van der Waals surface area contributed by atoms with Gasteiger partial charge >= 0.3 is 21.1 Å². The molecule has 86 valence electrons. The van der Waals surface area contributed by atoms with Gasteiger partial charge in [0.1, 0.15) is 0 Å². The molecule has 11 heteroatoms. The molecule has 0 saturated heterocycles. The Morgan fingerprint density at radius 1 is 0.615 bits per heavy atom. The molecule has 0 heterocycles. The van der Waals surface area contributed by atoms with E-state index >= 15 is 0 Å². The van der Waals surface area contributed by atoms with Crippen molar-refractivity contribution in [2.45, 2.75) is 0 Å². The first-order chi connectivity index (χ1) is 3.46. The van der Waals surface area contributed by atoms with Crippen molar-refractivity contribution in [1.82, 2.24) is 24.6 Å². The first-order valence-electron chi connectivity index (χ1n) is 1.22. The molecule has 0 aliphatic carbocycles. The first-order valence-corrected chi connectivity index (χ1v) is 1.22. The predicted octanol–water partition coefficient (Wildman–Crippen LogP) is -4.25. The largest absolute Gasteiger partial charge is 4.00 e. The van der Waals surface area contributed by atoms with Crippen molar-refractivity contribution in [3.05, 3.63) is 0 Å². The van der Waals surface area contributed by atoms with E-state index in [2.05, 4.69) is 0 Å². The van der Waals surface area contributed by atoms with Gasteiger partial charge in [-0.15, -0.1) is 0 Å². The Hall–Kier alpha value is -0.932. The van der Waals surface area contributed by atoms with E-state index in [1.54, 1.807) is 0 Å². The van der Waals surface area contributed by atoms with Crippen LogP contribution in [-0.2, 0) is 21.1 Å². The van der Waals surface area contributed by atoms with Crippen molar-refractivity contribution in [1.29, 1.82) is 0 Å². The number of carboxylic acid groups (broad SMARTS) is 4. The number of rotatable bonds is 0. The molecule has 0 bridgehead atoms. The molecule has 0 amide bonds. The Morgan fingerprint density at radius 2 is 0.615 bits per heavy atom. The summed E-state index contributed by atoms with van der Waals surface area (Å²) in [5, 5.41) is 33.3. The average molecular weight is 383 g/mol. The standard InChI is InChI=1S/2CH2O3.4H3N.Pt/c2*2-1(3)4;;;;;/h2*(H2,2,3,4);4*1H3;/q;;;;;;+4/p-4. The van der Waals surface area contributed by atoms with E-state index in [0.29, 0.717) is 0 Å². The van der Waals surface area contributed by atoms with Gasteiger partial charge in [0, 0.05) is 0 Å².